The summed E-state index contributed by atoms with van der Waals surface area (Å²) in [5, 5.41) is 8.80. The fourth-order valence-corrected chi connectivity index (χ4v) is 1.32. The van der Waals surface area contributed by atoms with Gasteiger partial charge in [-0.05, 0) is 11.8 Å². The van der Waals surface area contributed by atoms with Crippen molar-refractivity contribution in [2.45, 2.75) is 26.8 Å². The van der Waals surface area contributed by atoms with Crippen molar-refractivity contribution in [3.8, 4) is 0 Å². The Morgan fingerprint density at radius 3 is 2.77 bits per heavy atom. The van der Waals surface area contributed by atoms with Crippen molar-refractivity contribution in [3.63, 3.8) is 0 Å². The zero-order chi connectivity index (χ0) is 9.90. The summed E-state index contributed by atoms with van der Waals surface area (Å²) < 4.78 is 1.62. The average Bonchev–Trinajstić information content (AvgIpc) is 2.35. The minimum Gasteiger partial charge on any atom is -0.396 e. The number of nitrogens with zero attached hydrogens (tertiary/aromatic N) is 1. The highest BCUT2D eigenvalue weighted by molar-refractivity contribution is 4.79. The summed E-state index contributed by atoms with van der Waals surface area (Å²) in [7, 11) is 0. The van der Waals surface area contributed by atoms with E-state index in [1.807, 2.05) is 13.8 Å². The van der Waals surface area contributed by atoms with Gasteiger partial charge in [-0.3, -0.25) is 4.57 Å². The van der Waals surface area contributed by atoms with Gasteiger partial charge < -0.3 is 10.1 Å². The third-order valence-corrected chi connectivity index (χ3v) is 2.11. The SMILES string of the molecule is CC(C)(CCO)Cn1cc[nH]c1=O. The van der Waals surface area contributed by atoms with Gasteiger partial charge in [0, 0.05) is 25.5 Å². The second-order valence-corrected chi connectivity index (χ2v) is 4.03. The third-order valence-electron chi connectivity index (χ3n) is 2.11. The molecule has 2 N–H and O–H groups in total. The largest absolute Gasteiger partial charge is 0.396 e. The van der Waals surface area contributed by atoms with Crippen LogP contribution in [-0.4, -0.2) is 21.3 Å². The lowest BCUT2D eigenvalue weighted by atomic mass is 9.90. The molecule has 0 aliphatic carbocycles. The number of imidazole rings is 1. The first-order valence-electron chi connectivity index (χ1n) is 4.40. The molecule has 13 heavy (non-hydrogen) atoms. The standard InChI is InChI=1S/C9H16N2O2/c1-9(2,3-6-12)7-11-5-4-10-8(11)13/h4-5,12H,3,6-7H2,1-2H3,(H,10,13). The molecule has 0 aliphatic rings. The number of aliphatic hydroxyl groups excluding tert-OH is 1. The van der Waals surface area contributed by atoms with E-state index in [4.69, 9.17) is 5.11 Å². The van der Waals surface area contributed by atoms with Crippen molar-refractivity contribution >= 4 is 0 Å². The number of H-pyrrole nitrogens is 1. The van der Waals surface area contributed by atoms with Crippen LogP contribution in [0.1, 0.15) is 20.3 Å². The van der Waals surface area contributed by atoms with Crippen molar-refractivity contribution < 1.29 is 5.11 Å². The Bertz CT molecular complexity index is 311. The van der Waals surface area contributed by atoms with Gasteiger partial charge in [0.15, 0.2) is 0 Å². The van der Waals surface area contributed by atoms with Crippen LogP contribution in [0.25, 0.3) is 0 Å². The van der Waals surface area contributed by atoms with Gasteiger partial charge in [0.05, 0.1) is 0 Å². The van der Waals surface area contributed by atoms with Crippen molar-refractivity contribution in [3.05, 3.63) is 22.9 Å². The van der Waals surface area contributed by atoms with Gasteiger partial charge in [0.1, 0.15) is 0 Å². The molecule has 4 heteroatoms. The number of rotatable bonds is 4. The Labute approximate surface area is 77.2 Å². The molecule has 0 fully saturated rings. The van der Waals surface area contributed by atoms with Gasteiger partial charge >= 0.3 is 5.69 Å². The van der Waals surface area contributed by atoms with Gasteiger partial charge in [0.2, 0.25) is 0 Å². The number of aliphatic hydroxyl groups is 1. The molecule has 0 saturated heterocycles. The first-order chi connectivity index (χ1) is 6.05. The van der Waals surface area contributed by atoms with E-state index in [0.717, 1.165) is 0 Å². The highest BCUT2D eigenvalue weighted by Gasteiger charge is 2.18. The summed E-state index contributed by atoms with van der Waals surface area (Å²) >= 11 is 0. The van der Waals surface area contributed by atoms with Crippen LogP contribution in [0.2, 0.25) is 0 Å². The van der Waals surface area contributed by atoms with E-state index in [9.17, 15) is 4.79 Å². The lowest BCUT2D eigenvalue weighted by Crippen LogP contribution is -2.27. The van der Waals surface area contributed by atoms with Crippen molar-refractivity contribution in [2.75, 3.05) is 6.61 Å². The second kappa shape index (κ2) is 3.79. The molecule has 1 heterocycles. The van der Waals surface area contributed by atoms with E-state index >= 15 is 0 Å². The maximum atomic E-state index is 11.1. The monoisotopic (exact) mass is 184 g/mol. The number of nitrogens with one attached hydrogen (secondary N) is 1. The molecule has 0 unspecified atom stereocenters. The summed E-state index contributed by atoms with van der Waals surface area (Å²) in [5.74, 6) is 0. The van der Waals surface area contributed by atoms with Crippen molar-refractivity contribution in [1.29, 1.82) is 0 Å². The highest BCUT2D eigenvalue weighted by atomic mass is 16.3. The Hall–Kier alpha value is -1.03. The number of hydrogen-bond acceptors (Lipinski definition) is 2. The molecule has 0 aromatic carbocycles. The van der Waals surface area contributed by atoms with Crippen LogP contribution in [0.5, 0.6) is 0 Å². The third kappa shape index (κ3) is 2.73. The summed E-state index contributed by atoms with van der Waals surface area (Å²) in [6, 6.07) is 0. The van der Waals surface area contributed by atoms with E-state index in [0.29, 0.717) is 13.0 Å². The molecule has 1 aromatic rings. The van der Waals surface area contributed by atoms with Gasteiger partial charge in [-0.25, -0.2) is 4.79 Å². The molecular formula is C9H16N2O2. The van der Waals surface area contributed by atoms with E-state index in [1.54, 1.807) is 17.0 Å². The molecule has 0 amide bonds. The van der Waals surface area contributed by atoms with Crippen LogP contribution < -0.4 is 5.69 Å². The summed E-state index contributed by atoms with van der Waals surface area (Å²) in [6.45, 7) is 4.85. The first kappa shape index (κ1) is 10.1. The zero-order valence-corrected chi connectivity index (χ0v) is 8.08. The minimum absolute atomic E-state index is 0.0409. The lowest BCUT2D eigenvalue weighted by molar-refractivity contribution is 0.191. The predicted octanol–water partition coefficient (Wildman–Crippen LogP) is 0.585. The fourth-order valence-electron chi connectivity index (χ4n) is 1.32. The first-order valence-corrected chi connectivity index (χ1v) is 4.40. The molecule has 4 nitrogen and oxygen atoms in total. The molecule has 1 aromatic heterocycles. The van der Waals surface area contributed by atoms with E-state index < -0.39 is 0 Å². The number of aromatic amines is 1. The van der Waals surface area contributed by atoms with Gasteiger partial charge in [-0.15, -0.1) is 0 Å². The molecule has 0 radical (unpaired) electrons. The van der Waals surface area contributed by atoms with E-state index in [2.05, 4.69) is 4.98 Å². The zero-order valence-electron chi connectivity index (χ0n) is 8.08. The maximum Gasteiger partial charge on any atom is 0.325 e. The molecule has 0 atom stereocenters. The van der Waals surface area contributed by atoms with Crippen molar-refractivity contribution in [1.82, 2.24) is 9.55 Å². The second-order valence-electron chi connectivity index (χ2n) is 4.03. The summed E-state index contributed by atoms with van der Waals surface area (Å²) in [5.41, 5.74) is -0.133. The van der Waals surface area contributed by atoms with Crippen LogP contribution >= 0.6 is 0 Å². The van der Waals surface area contributed by atoms with Crippen LogP contribution in [0.4, 0.5) is 0 Å². The van der Waals surface area contributed by atoms with E-state index in [1.165, 1.54) is 0 Å². The summed E-state index contributed by atoms with van der Waals surface area (Å²) in [6.07, 6.45) is 4.05. The molecule has 0 bridgehead atoms. The topological polar surface area (TPSA) is 58.0 Å². The normalized spacial score (nSPS) is 11.9. The predicted molar refractivity (Wildman–Crippen MR) is 50.5 cm³/mol. The van der Waals surface area contributed by atoms with Crippen LogP contribution in [-0.2, 0) is 6.54 Å². The average molecular weight is 184 g/mol. The molecule has 74 valence electrons. The molecule has 1 rings (SSSR count). The highest BCUT2D eigenvalue weighted by Crippen LogP contribution is 2.21. The molecule has 0 saturated carbocycles. The summed E-state index contributed by atoms with van der Waals surface area (Å²) in [4.78, 5) is 13.7. The van der Waals surface area contributed by atoms with Gasteiger partial charge in [0.25, 0.3) is 0 Å². The lowest BCUT2D eigenvalue weighted by Gasteiger charge is -2.23. The molecule has 0 aliphatic heterocycles. The van der Waals surface area contributed by atoms with Crippen LogP contribution in [0.3, 0.4) is 0 Å². The smallest absolute Gasteiger partial charge is 0.325 e. The van der Waals surface area contributed by atoms with E-state index in [-0.39, 0.29) is 17.7 Å². The Morgan fingerprint density at radius 2 is 2.31 bits per heavy atom. The van der Waals surface area contributed by atoms with Gasteiger partial charge in [-0.1, -0.05) is 13.8 Å². The van der Waals surface area contributed by atoms with Crippen molar-refractivity contribution in [2.24, 2.45) is 5.41 Å². The molecular weight excluding hydrogens is 168 g/mol. The minimum atomic E-state index is -0.0917. The molecule has 0 spiro atoms. The Morgan fingerprint density at radius 1 is 1.62 bits per heavy atom. The fraction of sp³-hybridized carbons (Fsp3) is 0.667. The quantitative estimate of drug-likeness (QED) is 0.719. The van der Waals surface area contributed by atoms with Gasteiger partial charge in [-0.2, -0.15) is 0 Å². The van der Waals surface area contributed by atoms with Crippen LogP contribution in [0, 0.1) is 5.41 Å². The number of aromatic nitrogens is 2. The maximum absolute atomic E-state index is 11.1. The number of hydrogen-bond donors (Lipinski definition) is 2. The van der Waals surface area contributed by atoms with Crippen LogP contribution in [0.15, 0.2) is 17.2 Å². The Balaban J connectivity index is 2.68. The Kier molecular flexibility index (Phi) is 2.93.